The minimum absolute atomic E-state index is 0.00567. The summed E-state index contributed by atoms with van der Waals surface area (Å²) in [5.74, 6) is -4.34. The van der Waals surface area contributed by atoms with Gasteiger partial charge in [-0.1, -0.05) is 0 Å². The van der Waals surface area contributed by atoms with Crippen LogP contribution < -0.4 is 0 Å². The zero-order valence-electron chi connectivity index (χ0n) is 12.8. The predicted octanol–water partition coefficient (Wildman–Crippen LogP) is 4.50. The average Bonchev–Trinajstić information content (AvgIpc) is 2.53. The molecule has 0 aromatic heterocycles. The molecule has 0 aliphatic heterocycles. The molecule has 2 nitrogen and oxygen atoms in total. The van der Waals surface area contributed by atoms with E-state index in [1.807, 2.05) is 0 Å². The zero-order valence-corrected chi connectivity index (χ0v) is 12.8. The molecule has 2 aromatic carbocycles. The highest BCUT2D eigenvalue weighted by Gasteiger charge is 2.06. The van der Waals surface area contributed by atoms with Gasteiger partial charge in [0.25, 0.3) is 0 Å². The van der Waals surface area contributed by atoms with Crippen molar-refractivity contribution in [3.8, 4) is 0 Å². The summed E-state index contributed by atoms with van der Waals surface area (Å²) in [6.07, 6.45) is 3.77. The highest BCUT2D eigenvalue weighted by molar-refractivity contribution is 6.10. The highest BCUT2D eigenvalue weighted by atomic mass is 19.1. The van der Waals surface area contributed by atoms with Crippen LogP contribution in [0.3, 0.4) is 0 Å². The zero-order chi connectivity index (χ0) is 18.4. The number of hydrogen-bond donors (Lipinski definition) is 0. The lowest BCUT2D eigenvalue weighted by molar-refractivity contribution is -0.121. The Bertz CT molecular complexity index is 798. The summed E-state index contributed by atoms with van der Waals surface area (Å²) < 4.78 is 52.3. The summed E-state index contributed by atoms with van der Waals surface area (Å²) in [5, 5.41) is 0. The molecule has 0 N–H and O–H groups in total. The Labute approximate surface area is 141 Å². The molecule has 0 bridgehead atoms. The fourth-order valence-electron chi connectivity index (χ4n) is 1.93. The molecule has 0 amide bonds. The van der Waals surface area contributed by atoms with Crippen LogP contribution in [0.2, 0.25) is 0 Å². The first-order valence-electron chi connectivity index (χ1n) is 7.17. The van der Waals surface area contributed by atoms with Crippen LogP contribution in [0.15, 0.2) is 48.6 Å². The predicted molar refractivity (Wildman–Crippen MR) is 85.4 cm³/mol. The van der Waals surface area contributed by atoms with Crippen LogP contribution in [0.1, 0.15) is 17.5 Å². The Hall–Kier alpha value is -3.02. The van der Waals surface area contributed by atoms with Crippen LogP contribution in [-0.4, -0.2) is 11.6 Å². The van der Waals surface area contributed by atoms with Crippen molar-refractivity contribution in [1.29, 1.82) is 0 Å². The third kappa shape index (κ3) is 5.53. The second-order valence-electron chi connectivity index (χ2n) is 5.11. The number of carbonyl (C=O) groups excluding carboxylic acids is 2. The van der Waals surface area contributed by atoms with E-state index >= 15 is 0 Å². The van der Waals surface area contributed by atoms with E-state index in [0.29, 0.717) is 12.1 Å². The minimum Gasteiger partial charge on any atom is -0.294 e. The lowest BCUT2D eigenvalue weighted by Gasteiger charge is -1.97. The van der Waals surface area contributed by atoms with E-state index in [-0.39, 0.29) is 11.1 Å². The molecule has 6 heteroatoms. The molecule has 25 heavy (non-hydrogen) atoms. The second kappa shape index (κ2) is 8.19. The van der Waals surface area contributed by atoms with Crippen molar-refractivity contribution in [1.82, 2.24) is 0 Å². The van der Waals surface area contributed by atoms with Gasteiger partial charge in [0.05, 0.1) is 6.42 Å². The molecule has 0 saturated heterocycles. The van der Waals surface area contributed by atoms with Crippen molar-refractivity contribution in [2.75, 3.05) is 0 Å². The van der Waals surface area contributed by atoms with E-state index in [2.05, 4.69) is 0 Å². The quantitative estimate of drug-likeness (QED) is 0.438. The first-order valence-corrected chi connectivity index (χ1v) is 7.17. The SMILES string of the molecule is O=C(/C=C/c1ccc(F)cc1F)CC(=O)/C=C/c1ccc(F)cc1F. The van der Waals surface area contributed by atoms with Gasteiger partial charge in [-0.3, -0.25) is 9.59 Å². The van der Waals surface area contributed by atoms with Crippen molar-refractivity contribution in [3.63, 3.8) is 0 Å². The summed E-state index contributed by atoms with van der Waals surface area (Å²) in [6.45, 7) is 0. The van der Waals surface area contributed by atoms with Crippen LogP contribution in [0.4, 0.5) is 17.6 Å². The summed E-state index contributed by atoms with van der Waals surface area (Å²) in [6, 6.07) is 5.75. The number of rotatable bonds is 6. The molecule has 128 valence electrons. The molecule has 0 radical (unpaired) electrons. The van der Waals surface area contributed by atoms with E-state index < -0.39 is 41.3 Å². The molecule has 0 spiro atoms. The monoisotopic (exact) mass is 348 g/mol. The molecule has 0 heterocycles. The van der Waals surface area contributed by atoms with Gasteiger partial charge in [-0.25, -0.2) is 17.6 Å². The van der Waals surface area contributed by atoms with E-state index in [1.54, 1.807) is 0 Å². The molecular weight excluding hydrogens is 336 g/mol. The van der Waals surface area contributed by atoms with Crippen molar-refractivity contribution < 1.29 is 27.2 Å². The van der Waals surface area contributed by atoms with Gasteiger partial charge >= 0.3 is 0 Å². The lowest BCUT2D eigenvalue weighted by atomic mass is 10.1. The molecule has 0 fully saturated rings. The fraction of sp³-hybridized carbons (Fsp3) is 0.0526. The van der Waals surface area contributed by atoms with Gasteiger partial charge in [-0.2, -0.15) is 0 Å². The molecule has 0 unspecified atom stereocenters. The van der Waals surface area contributed by atoms with E-state index in [1.165, 1.54) is 0 Å². The van der Waals surface area contributed by atoms with Gasteiger partial charge in [-0.15, -0.1) is 0 Å². The average molecular weight is 348 g/mol. The van der Waals surface area contributed by atoms with Gasteiger partial charge in [0.1, 0.15) is 23.3 Å². The molecule has 2 aromatic rings. The third-order valence-electron chi connectivity index (χ3n) is 3.17. The van der Waals surface area contributed by atoms with Crippen LogP contribution in [0.5, 0.6) is 0 Å². The first kappa shape index (κ1) is 18.3. The number of halogens is 4. The van der Waals surface area contributed by atoms with E-state index in [0.717, 1.165) is 48.6 Å². The fourth-order valence-corrected chi connectivity index (χ4v) is 1.93. The first-order chi connectivity index (χ1) is 11.8. The van der Waals surface area contributed by atoms with Gasteiger partial charge in [0.2, 0.25) is 0 Å². The van der Waals surface area contributed by atoms with Crippen molar-refractivity contribution in [2.45, 2.75) is 6.42 Å². The highest BCUT2D eigenvalue weighted by Crippen LogP contribution is 2.12. The van der Waals surface area contributed by atoms with Crippen molar-refractivity contribution >= 4 is 23.7 Å². The Morgan fingerprint density at radius 3 is 1.48 bits per heavy atom. The smallest absolute Gasteiger partial charge is 0.163 e. The lowest BCUT2D eigenvalue weighted by Crippen LogP contribution is -2.02. The van der Waals surface area contributed by atoms with E-state index in [9.17, 15) is 27.2 Å². The molecule has 0 atom stereocenters. The van der Waals surface area contributed by atoms with Gasteiger partial charge in [0, 0.05) is 23.3 Å². The van der Waals surface area contributed by atoms with Gasteiger partial charge in [-0.05, 0) is 48.6 Å². The maximum absolute atomic E-state index is 13.4. The molecule has 0 saturated carbocycles. The van der Waals surface area contributed by atoms with E-state index in [4.69, 9.17) is 0 Å². The van der Waals surface area contributed by atoms with Crippen molar-refractivity contribution in [2.24, 2.45) is 0 Å². The van der Waals surface area contributed by atoms with Gasteiger partial charge < -0.3 is 0 Å². The largest absolute Gasteiger partial charge is 0.294 e. The number of benzene rings is 2. The third-order valence-corrected chi connectivity index (χ3v) is 3.17. The molecular formula is C19H12F4O2. The normalized spacial score (nSPS) is 11.4. The maximum Gasteiger partial charge on any atom is 0.163 e. The Balaban J connectivity index is 1.96. The Kier molecular flexibility index (Phi) is 6.00. The summed E-state index contributed by atoms with van der Waals surface area (Å²) >= 11 is 0. The topological polar surface area (TPSA) is 34.1 Å². The summed E-state index contributed by atoms with van der Waals surface area (Å²) in [7, 11) is 0. The van der Waals surface area contributed by atoms with Crippen LogP contribution in [0.25, 0.3) is 12.2 Å². The Morgan fingerprint density at radius 1 is 0.720 bits per heavy atom. The number of hydrogen-bond acceptors (Lipinski definition) is 2. The summed E-state index contributed by atoms with van der Waals surface area (Å²) in [4.78, 5) is 23.3. The molecule has 2 rings (SSSR count). The van der Waals surface area contributed by atoms with Crippen LogP contribution in [0, 0.1) is 23.3 Å². The maximum atomic E-state index is 13.4. The van der Waals surface area contributed by atoms with Crippen LogP contribution in [-0.2, 0) is 9.59 Å². The Morgan fingerprint density at radius 2 is 1.12 bits per heavy atom. The summed E-state index contributed by atoms with van der Waals surface area (Å²) in [5.41, 5.74) is 0.0113. The molecule has 0 aliphatic rings. The van der Waals surface area contributed by atoms with Crippen LogP contribution >= 0.6 is 0 Å². The number of carbonyl (C=O) groups is 2. The standard InChI is InChI=1S/C19H12F4O2/c20-14-5-1-12(18(22)9-14)3-7-16(24)11-17(25)8-4-13-2-6-15(21)10-19(13)23/h1-10H,11H2/b7-3+,8-4+. The number of allylic oxidation sites excluding steroid dienone is 2. The van der Waals surface area contributed by atoms with Crippen molar-refractivity contribution in [3.05, 3.63) is 82.9 Å². The number of ketones is 2. The molecule has 0 aliphatic carbocycles. The second-order valence-corrected chi connectivity index (χ2v) is 5.11. The van der Waals surface area contributed by atoms with Gasteiger partial charge in [0.15, 0.2) is 11.6 Å². The minimum atomic E-state index is -0.831.